The molecule has 1 saturated carbocycles. The van der Waals surface area contributed by atoms with E-state index in [2.05, 4.69) is 22.5 Å². The van der Waals surface area contributed by atoms with Gasteiger partial charge in [0.05, 0.1) is 18.1 Å². The first-order valence-corrected chi connectivity index (χ1v) is 7.17. The second-order valence-corrected chi connectivity index (χ2v) is 5.88. The van der Waals surface area contributed by atoms with Crippen LogP contribution in [0, 0.1) is 11.3 Å². The summed E-state index contributed by atoms with van der Waals surface area (Å²) in [6, 6.07) is 2.40. The van der Waals surface area contributed by atoms with Crippen molar-refractivity contribution in [1.82, 2.24) is 9.55 Å². The van der Waals surface area contributed by atoms with E-state index in [0.29, 0.717) is 0 Å². The molecule has 2 aliphatic rings. The molecular formula is C14H15N3S. The highest BCUT2D eigenvalue weighted by Gasteiger charge is 2.31. The minimum absolute atomic E-state index is 0.0366. The van der Waals surface area contributed by atoms with E-state index >= 15 is 0 Å². The Hall–Kier alpha value is -1.47. The molecule has 3 nitrogen and oxygen atoms in total. The van der Waals surface area contributed by atoms with Gasteiger partial charge in [-0.05, 0) is 38.2 Å². The predicted molar refractivity (Wildman–Crippen MR) is 73.6 cm³/mol. The second kappa shape index (κ2) is 4.66. The van der Waals surface area contributed by atoms with Crippen LogP contribution in [0.2, 0.25) is 0 Å². The minimum Gasteiger partial charge on any atom is -0.305 e. The van der Waals surface area contributed by atoms with Crippen molar-refractivity contribution < 1.29 is 0 Å². The number of nitrogens with zero attached hydrogens (tertiary/aromatic N) is 3. The Bertz CT molecular complexity index is 552. The number of rotatable bonds is 1. The molecule has 0 saturated heterocycles. The van der Waals surface area contributed by atoms with Gasteiger partial charge in [0.1, 0.15) is 5.25 Å². The molecule has 1 atom stereocenters. The monoisotopic (exact) mass is 257 g/mol. The molecule has 1 fully saturated rings. The number of nitriles is 1. The second-order valence-electron chi connectivity index (χ2n) is 4.77. The first kappa shape index (κ1) is 11.6. The Morgan fingerprint density at radius 2 is 2.22 bits per heavy atom. The lowest BCUT2D eigenvalue weighted by atomic mass is 10.1. The first-order chi connectivity index (χ1) is 8.81. The Morgan fingerprint density at radius 1 is 1.44 bits per heavy atom. The zero-order valence-electron chi connectivity index (χ0n) is 10.4. The minimum atomic E-state index is -0.0366. The largest absolute Gasteiger partial charge is 0.305 e. The molecule has 0 aromatic carbocycles. The van der Waals surface area contributed by atoms with Crippen molar-refractivity contribution in [3.8, 4) is 6.07 Å². The molecule has 0 N–H and O–H groups in total. The molecule has 1 aliphatic heterocycles. The van der Waals surface area contributed by atoms with E-state index in [1.54, 1.807) is 18.0 Å². The van der Waals surface area contributed by atoms with Crippen LogP contribution in [0.4, 0.5) is 0 Å². The van der Waals surface area contributed by atoms with E-state index in [4.69, 9.17) is 0 Å². The van der Waals surface area contributed by atoms with Gasteiger partial charge in [-0.1, -0.05) is 5.57 Å². The molecule has 1 unspecified atom stereocenters. The zero-order chi connectivity index (χ0) is 12.5. The van der Waals surface area contributed by atoms with Gasteiger partial charge in [0.25, 0.3) is 0 Å². The molecule has 2 heterocycles. The molecule has 1 aromatic rings. The topological polar surface area (TPSA) is 41.6 Å². The molecular weight excluding hydrogens is 242 g/mol. The van der Waals surface area contributed by atoms with Crippen LogP contribution in [-0.4, -0.2) is 14.8 Å². The molecule has 92 valence electrons. The van der Waals surface area contributed by atoms with Gasteiger partial charge in [0, 0.05) is 17.3 Å². The maximum Gasteiger partial charge on any atom is 0.119 e. The van der Waals surface area contributed by atoms with Gasteiger partial charge in [-0.2, -0.15) is 5.26 Å². The smallest absolute Gasteiger partial charge is 0.119 e. The van der Waals surface area contributed by atoms with Crippen LogP contribution in [0.15, 0.2) is 34.8 Å². The summed E-state index contributed by atoms with van der Waals surface area (Å²) in [6.07, 6.45) is 10.5. The van der Waals surface area contributed by atoms with Crippen LogP contribution in [0.5, 0.6) is 0 Å². The van der Waals surface area contributed by atoms with E-state index in [1.165, 1.54) is 41.9 Å². The summed E-state index contributed by atoms with van der Waals surface area (Å²) < 4.78 is 2.06. The van der Waals surface area contributed by atoms with Crippen LogP contribution in [0.3, 0.4) is 0 Å². The lowest BCUT2D eigenvalue weighted by Crippen LogP contribution is -1.98. The quantitative estimate of drug-likeness (QED) is 0.772. The van der Waals surface area contributed by atoms with Gasteiger partial charge in [0.2, 0.25) is 0 Å². The van der Waals surface area contributed by atoms with Crippen molar-refractivity contribution in [3.05, 3.63) is 34.8 Å². The van der Waals surface area contributed by atoms with Crippen molar-refractivity contribution in [1.29, 1.82) is 5.26 Å². The molecule has 0 radical (unpaired) electrons. The lowest BCUT2D eigenvalue weighted by molar-refractivity contribution is 0.886. The first-order valence-electron chi connectivity index (χ1n) is 6.29. The summed E-state index contributed by atoms with van der Waals surface area (Å²) in [7, 11) is 0. The summed E-state index contributed by atoms with van der Waals surface area (Å²) in [5.41, 5.74) is 3.89. The van der Waals surface area contributed by atoms with Gasteiger partial charge < -0.3 is 4.57 Å². The fraction of sp³-hybridized carbons (Fsp3) is 0.429. The summed E-state index contributed by atoms with van der Waals surface area (Å²) in [4.78, 5) is 5.46. The van der Waals surface area contributed by atoms with Crippen molar-refractivity contribution >= 4 is 17.5 Å². The maximum atomic E-state index is 9.26. The number of allylic oxidation sites excluding steroid dienone is 2. The third-order valence-electron chi connectivity index (χ3n) is 3.63. The third-order valence-corrected chi connectivity index (χ3v) is 5.04. The molecule has 0 bridgehead atoms. The van der Waals surface area contributed by atoms with E-state index in [1.807, 2.05) is 12.5 Å². The number of thioether (sulfide) groups is 1. The molecule has 3 rings (SSSR count). The average Bonchev–Trinajstić information content (AvgIpc) is 3.08. The highest BCUT2D eigenvalue weighted by Crippen LogP contribution is 2.48. The molecule has 1 aromatic heterocycles. The number of hydrogen-bond donors (Lipinski definition) is 0. The van der Waals surface area contributed by atoms with Gasteiger partial charge in [0.15, 0.2) is 0 Å². The van der Waals surface area contributed by atoms with Crippen molar-refractivity contribution in [3.63, 3.8) is 0 Å². The van der Waals surface area contributed by atoms with E-state index in [9.17, 15) is 5.26 Å². The van der Waals surface area contributed by atoms with Crippen LogP contribution in [0.25, 0.3) is 5.70 Å². The van der Waals surface area contributed by atoms with Crippen LogP contribution in [-0.2, 0) is 0 Å². The Labute approximate surface area is 111 Å². The van der Waals surface area contributed by atoms with Gasteiger partial charge in [-0.25, -0.2) is 4.98 Å². The third kappa shape index (κ3) is 1.79. The Balaban J connectivity index is 2.12. The molecule has 4 heteroatoms. The fourth-order valence-electron chi connectivity index (χ4n) is 2.68. The average molecular weight is 257 g/mol. The summed E-state index contributed by atoms with van der Waals surface area (Å²) in [5, 5.41) is 9.22. The van der Waals surface area contributed by atoms with E-state index in [-0.39, 0.29) is 5.25 Å². The summed E-state index contributed by atoms with van der Waals surface area (Å²) in [6.45, 7) is 2.07. The van der Waals surface area contributed by atoms with Crippen LogP contribution >= 0.6 is 11.8 Å². The summed E-state index contributed by atoms with van der Waals surface area (Å²) >= 11 is 1.72. The van der Waals surface area contributed by atoms with Crippen LogP contribution < -0.4 is 0 Å². The number of aromatic nitrogens is 2. The van der Waals surface area contributed by atoms with E-state index < -0.39 is 0 Å². The number of hydrogen-bond acceptors (Lipinski definition) is 3. The normalized spacial score (nSPS) is 23.9. The predicted octanol–water partition coefficient (Wildman–Crippen LogP) is 3.58. The van der Waals surface area contributed by atoms with Crippen LogP contribution in [0.1, 0.15) is 32.6 Å². The number of imidazole rings is 1. The molecule has 0 spiro atoms. The van der Waals surface area contributed by atoms with E-state index in [0.717, 1.165) is 5.57 Å². The Morgan fingerprint density at radius 3 is 2.83 bits per heavy atom. The highest BCUT2D eigenvalue weighted by atomic mass is 32.2. The maximum absolute atomic E-state index is 9.26. The van der Waals surface area contributed by atoms with Crippen molar-refractivity contribution in [2.75, 3.05) is 0 Å². The Kier molecular flexibility index (Phi) is 3.00. The summed E-state index contributed by atoms with van der Waals surface area (Å²) in [5.74, 6) is 0. The molecule has 1 aliphatic carbocycles. The fourth-order valence-corrected chi connectivity index (χ4v) is 4.01. The highest BCUT2D eigenvalue weighted by molar-refractivity contribution is 8.05. The van der Waals surface area contributed by atoms with Gasteiger partial charge in [-0.3, -0.25) is 0 Å². The van der Waals surface area contributed by atoms with Gasteiger partial charge in [-0.15, -0.1) is 11.8 Å². The molecule has 0 amide bonds. The standard InChI is InChI=1S/C14H15N3S/c1-10-12(8-15)18-14(11-4-2-3-5-11)13(10)17-7-6-16-9-17/h6-7,9,12H,2-5H2,1H3. The van der Waals surface area contributed by atoms with Crippen molar-refractivity contribution in [2.24, 2.45) is 0 Å². The molecule has 18 heavy (non-hydrogen) atoms. The van der Waals surface area contributed by atoms with Gasteiger partial charge >= 0.3 is 0 Å². The lowest BCUT2D eigenvalue weighted by Gasteiger charge is -2.10. The SMILES string of the molecule is CC1=C(n2ccnc2)C(=C2CCCC2)SC1C#N. The van der Waals surface area contributed by atoms with Crippen molar-refractivity contribution in [2.45, 2.75) is 37.9 Å². The zero-order valence-corrected chi connectivity index (χ0v) is 11.2.